The second-order valence-corrected chi connectivity index (χ2v) is 8.67. The highest BCUT2D eigenvalue weighted by atomic mass is 35.5. The van der Waals surface area contributed by atoms with Gasteiger partial charge >= 0.3 is 5.97 Å². The lowest BCUT2D eigenvalue weighted by Crippen LogP contribution is -2.51. The van der Waals surface area contributed by atoms with Gasteiger partial charge in [-0.15, -0.1) is 0 Å². The van der Waals surface area contributed by atoms with E-state index >= 15 is 0 Å². The molecule has 1 saturated heterocycles. The number of carbonyl (C=O) groups excluding carboxylic acids is 1. The zero-order valence-corrected chi connectivity index (χ0v) is 18.2. The summed E-state index contributed by atoms with van der Waals surface area (Å²) in [7, 11) is 0. The first-order valence-corrected chi connectivity index (χ1v) is 10.9. The molecule has 1 unspecified atom stereocenters. The molecular weight excluding hydrogens is 456 g/mol. The van der Waals surface area contributed by atoms with Gasteiger partial charge in [0.2, 0.25) is 11.8 Å². The van der Waals surface area contributed by atoms with Crippen molar-refractivity contribution in [1.29, 1.82) is 5.26 Å². The van der Waals surface area contributed by atoms with Crippen LogP contribution in [0.1, 0.15) is 21.5 Å². The number of benzene rings is 2. The topological polar surface area (TPSA) is 127 Å². The lowest BCUT2D eigenvalue weighted by Gasteiger charge is -2.32. The van der Waals surface area contributed by atoms with Gasteiger partial charge in [0.1, 0.15) is 5.56 Å². The van der Waals surface area contributed by atoms with Crippen molar-refractivity contribution >= 4 is 45.6 Å². The number of hydrogen-bond acceptors (Lipinski definition) is 5. The van der Waals surface area contributed by atoms with Crippen LogP contribution in [0.3, 0.4) is 0 Å². The number of rotatable bonds is 6. The molecule has 1 atom stereocenters. The van der Waals surface area contributed by atoms with E-state index < -0.39 is 17.2 Å². The quantitative estimate of drug-likeness (QED) is 0.568. The number of fused-ring (bicyclic) bond motifs is 1. The molecule has 1 fully saturated rings. The number of carboxylic acids is 1. The van der Waals surface area contributed by atoms with Crippen molar-refractivity contribution in [3.05, 3.63) is 64.2 Å². The van der Waals surface area contributed by atoms with Crippen LogP contribution in [0.2, 0.25) is 5.02 Å². The lowest BCUT2D eigenvalue weighted by atomic mass is 10.1. The van der Waals surface area contributed by atoms with Crippen LogP contribution in [0.25, 0.3) is 10.9 Å². The first-order valence-electron chi connectivity index (χ1n) is 9.52. The van der Waals surface area contributed by atoms with Crippen LogP contribution in [-0.2, 0) is 22.6 Å². The number of carbonyl (C=O) groups is 2. The Morgan fingerprint density at radius 3 is 2.66 bits per heavy atom. The summed E-state index contributed by atoms with van der Waals surface area (Å²) >= 11 is 3.88. The fourth-order valence-electron chi connectivity index (χ4n) is 3.42. The van der Waals surface area contributed by atoms with Gasteiger partial charge in [0.05, 0.1) is 18.2 Å². The maximum atomic E-state index is 12.7. The monoisotopic (exact) mass is 472 g/mol. The number of nitrogens with zero attached hydrogens (tertiary/aromatic N) is 3. The third-order valence-corrected chi connectivity index (χ3v) is 6.32. The molecule has 3 aromatic rings. The van der Waals surface area contributed by atoms with E-state index in [0.717, 1.165) is 5.56 Å². The first-order chi connectivity index (χ1) is 15.4. The summed E-state index contributed by atoms with van der Waals surface area (Å²) in [5, 5.41) is 19.2. The Morgan fingerprint density at radius 2 is 2.00 bits per heavy atom. The molecule has 2 N–H and O–H groups in total. The number of aromatic nitrogens is 1. The Hall–Kier alpha value is -3.39. The summed E-state index contributed by atoms with van der Waals surface area (Å²) in [5.74, 6) is -1.66. The Balaban J connectivity index is 1.44. The number of nitriles is 1. The summed E-state index contributed by atoms with van der Waals surface area (Å²) in [6.45, 7) is 0.834. The van der Waals surface area contributed by atoms with Gasteiger partial charge in [-0.2, -0.15) is 13.8 Å². The van der Waals surface area contributed by atoms with Crippen LogP contribution < -0.4 is 4.18 Å². The first kappa shape index (κ1) is 21.8. The van der Waals surface area contributed by atoms with Crippen molar-refractivity contribution in [3.8, 4) is 11.9 Å². The molecule has 1 aliphatic heterocycles. The van der Waals surface area contributed by atoms with Crippen LogP contribution in [0.15, 0.2) is 42.5 Å². The minimum atomic E-state index is -2.08. The van der Waals surface area contributed by atoms with E-state index in [1.165, 1.54) is 10.4 Å². The van der Waals surface area contributed by atoms with E-state index in [-0.39, 0.29) is 30.4 Å². The van der Waals surface area contributed by atoms with E-state index in [2.05, 4.69) is 4.98 Å². The molecule has 164 valence electrons. The van der Waals surface area contributed by atoms with E-state index in [9.17, 15) is 18.9 Å². The van der Waals surface area contributed by atoms with Gasteiger partial charge in [0, 0.05) is 35.6 Å². The summed E-state index contributed by atoms with van der Waals surface area (Å²) < 4.78 is 19.5. The molecule has 0 saturated carbocycles. The number of hydrogen-bond donors (Lipinski definition) is 2. The fourth-order valence-corrected chi connectivity index (χ4v) is 4.42. The number of amides is 1. The maximum Gasteiger partial charge on any atom is 0.341 e. The van der Waals surface area contributed by atoms with E-state index in [4.69, 9.17) is 21.0 Å². The Kier molecular flexibility index (Phi) is 6.14. The molecule has 1 aromatic heterocycles. The van der Waals surface area contributed by atoms with Gasteiger partial charge in [-0.25, -0.2) is 4.79 Å². The van der Waals surface area contributed by atoms with Gasteiger partial charge < -0.3 is 19.2 Å². The molecule has 9 nitrogen and oxygen atoms in total. The minimum absolute atomic E-state index is 0.142. The van der Waals surface area contributed by atoms with Crippen LogP contribution in [0.4, 0.5) is 0 Å². The lowest BCUT2D eigenvalue weighted by molar-refractivity contribution is -0.134. The molecule has 4 rings (SSSR count). The zero-order chi connectivity index (χ0) is 22.8. The standard InChI is InChI=1S/C21H17ClN4O5S/c22-15-5-6-17-16(9-15)19(21(28)29)20(24-17)31-32(30)26-8-7-25(18(27)12-26)11-14-3-1-13(10-23)2-4-14/h1-6,9,24H,7-8,11-12H2,(H,28,29). The van der Waals surface area contributed by atoms with Crippen molar-refractivity contribution in [2.75, 3.05) is 19.6 Å². The van der Waals surface area contributed by atoms with E-state index in [1.54, 1.807) is 41.3 Å². The predicted molar refractivity (Wildman–Crippen MR) is 117 cm³/mol. The van der Waals surface area contributed by atoms with Crippen molar-refractivity contribution in [2.45, 2.75) is 6.54 Å². The Labute approximate surface area is 190 Å². The van der Waals surface area contributed by atoms with Crippen LogP contribution in [-0.4, -0.2) is 55.0 Å². The molecular formula is C21H17ClN4O5S. The molecule has 0 radical (unpaired) electrons. The van der Waals surface area contributed by atoms with Crippen LogP contribution in [0.5, 0.6) is 5.88 Å². The van der Waals surface area contributed by atoms with Gasteiger partial charge in [-0.1, -0.05) is 23.7 Å². The normalized spacial score (nSPS) is 15.5. The molecule has 1 aliphatic rings. The highest BCUT2D eigenvalue weighted by Gasteiger charge is 2.30. The van der Waals surface area contributed by atoms with E-state index in [1.807, 2.05) is 6.07 Å². The van der Waals surface area contributed by atoms with Gasteiger partial charge in [-0.3, -0.25) is 4.79 Å². The molecule has 1 amide bonds. The fraction of sp³-hybridized carbons (Fsp3) is 0.190. The van der Waals surface area contributed by atoms with Crippen LogP contribution in [0, 0.1) is 11.3 Å². The third-order valence-electron chi connectivity index (χ3n) is 5.05. The molecule has 2 aromatic carbocycles. The van der Waals surface area contributed by atoms with E-state index in [0.29, 0.717) is 34.6 Å². The number of carboxylic acid groups (broad SMARTS) is 1. The molecule has 0 aliphatic carbocycles. The number of aromatic amines is 1. The van der Waals surface area contributed by atoms with Crippen molar-refractivity contribution in [2.24, 2.45) is 0 Å². The van der Waals surface area contributed by atoms with Crippen molar-refractivity contribution < 1.29 is 23.1 Å². The Bertz CT molecular complexity index is 1270. The minimum Gasteiger partial charge on any atom is -0.477 e. The largest absolute Gasteiger partial charge is 0.477 e. The highest BCUT2D eigenvalue weighted by Crippen LogP contribution is 2.31. The van der Waals surface area contributed by atoms with Crippen molar-refractivity contribution in [1.82, 2.24) is 14.2 Å². The third kappa shape index (κ3) is 4.45. The second kappa shape index (κ2) is 9.00. The number of aromatic carboxylic acids is 1. The molecule has 32 heavy (non-hydrogen) atoms. The smallest absolute Gasteiger partial charge is 0.341 e. The summed E-state index contributed by atoms with van der Waals surface area (Å²) in [4.78, 5) is 28.7. The van der Waals surface area contributed by atoms with Gasteiger partial charge in [0.25, 0.3) is 11.3 Å². The molecule has 0 spiro atoms. The SMILES string of the molecule is N#Cc1ccc(CN2CCN(S(=O)Oc3[nH]c4ccc(Cl)cc4c3C(=O)O)CC2=O)cc1. The number of H-pyrrole nitrogens is 1. The Morgan fingerprint density at radius 1 is 1.25 bits per heavy atom. The van der Waals surface area contributed by atoms with Crippen LogP contribution >= 0.6 is 11.6 Å². The van der Waals surface area contributed by atoms with Gasteiger partial charge in [-0.05, 0) is 35.9 Å². The van der Waals surface area contributed by atoms with Crippen molar-refractivity contribution in [3.63, 3.8) is 0 Å². The molecule has 11 heteroatoms. The zero-order valence-electron chi connectivity index (χ0n) is 16.6. The molecule has 2 heterocycles. The summed E-state index contributed by atoms with van der Waals surface area (Å²) in [6.07, 6.45) is 0. The summed E-state index contributed by atoms with van der Waals surface area (Å²) in [5.41, 5.74) is 1.71. The number of nitrogens with one attached hydrogen (secondary N) is 1. The predicted octanol–water partition coefficient (Wildman–Crippen LogP) is 2.69. The average Bonchev–Trinajstić information content (AvgIpc) is 3.12. The highest BCUT2D eigenvalue weighted by molar-refractivity contribution is 7.78. The average molecular weight is 473 g/mol. The second-order valence-electron chi connectivity index (χ2n) is 7.11. The van der Waals surface area contributed by atoms with Gasteiger partial charge in [0.15, 0.2) is 0 Å². The number of piperazine rings is 1. The molecule has 0 bridgehead atoms. The number of halogens is 1. The maximum absolute atomic E-state index is 12.7. The summed E-state index contributed by atoms with van der Waals surface area (Å²) in [6, 6.07) is 13.7.